The van der Waals surface area contributed by atoms with E-state index in [0.29, 0.717) is 16.3 Å². The van der Waals surface area contributed by atoms with Crippen molar-refractivity contribution < 1.29 is 9.59 Å². The molecule has 2 amide bonds. The van der Waals surface area contributed by atoms with Crippen molar-refractivity contribution in [2.75, 3.05) is 6.54 Å². The van der Waals surface area contributed by atoms with E-state index in [4.69, 9.17) is 23.2 Å². The van der Waals surface area contributed by atoms with Gasteiger partial charge in [-0.3, -0.25) is 14.5 Å². The summed E-state index contributed by atoms with van der Waals surface area (Å²) in [5.74, 6) is -0.738. The van der Waals surface area contributed by atoms with Gasteiger partial charge in [0.05, 0.1) is 21.2 Å². The lowest BCUT2D eigenvalue weighted by atomic mass is 10.1. The molecule has 4 rings (SSSR count). The number of nitrogens with zero attached hydrogens (tertiary/aromatic N) is 1. The fourth-order valence-corrected chi connectivity index (χ4v) is 6.29. The number of imide groups is 1. The molecule has 0 spiro atoms. The third-order valence-electron chi connectivity index (χ3n) is 4.87. The summed E-state index contributed by atoms with van der Waals surface area (Å²) < 4.78 is 0. The zero-order valence-electron chi connectivity index (χ0n) is 16.7. The molecule has 0 N–H and O–H groups in total. The molecule has 0 aliphatic carbocycles. The van der Waals surface area contributed by atoms with Crippen molar-refractivity contribution in [3.63, 3.8) is 0 Å². The Morgan fingerprint density at radius 2 is 1.16 bits per heavy atom. The van der Waals surface area contributed by atoms with Gasteiger partial charge in [-0.1, -0.05) is 96.5 Å². The smallest absolute Gasteiger partial charge is 0.263 e. The predicted molar refractivity (Wildman–Crippen MR) is 128 cm³/mol. The van der Waals surface area contributed by atoms with Crippen LogP contribution in [0.2, 0.25) is 10.0 Å². The second-order valence-corrected chi connectivity index (χ2v) is 9.91. The molecule has 3 aromatic carbocycles. The van der Waals surface area contributed by atoms with Gasteiger partial charge in [-0.05, 0) is 30.7 Å². The maximum atomic E-state index is 13.1. The minimum Gasteiger partial charge on any atom is -0.274 e. The number of carbonyl (C=O) groups excluding carboxylic acids is 2. The standard InChI is InChI=1S/C24H19Cl2NO2S2/c1-2-3-14-27-23(28)17-18(24(27)29)20(26)22(31-16-12-8-5-9-13-16)21(19(17)25)30-15-10-6-4-7-11-15/h4-13H,2-3,14H2,1H3. The molecule has 31 heavy (non-hydrogen) atoms. The molecular weight excluding hydrogens is 469 g/mol. The summed E-state index contributed by atoms with van der Waals surface area (Å²) in [6, 6.07) is 19.5. The van der Waals surface area contributed by atoms with Crippen molar-refractivity contribution in [2.45, 2.75) is 39.3 Å². The van der Waals surface area contributed by atoms with E-state index in [1.807, 2.05) is 67.6 Å². The SMILES string of the molecule is CCCCN1C(=O)c2c(Cl)c(Sc3ccccc3)c(Sc3ccccc3)c(Cl)c2C1=O. The van der Waals surface area contributed by atoms with Crippen molar-refractivity contribution in [2.24, 2.45) is 0 Å². The van der Waals surface area contributed by atoms with Gasteiger partial charge in [-0.15, -0.1) is 0 Å². The number of rotatable bonds is 7. The van der Waals surface area contributed by atoms with Crippen molar-refractivity contribution in [1.29, 1.82) is 0 Å². The fourth-order valence-electron chi connectivity index (χ4n) is 3.32. The van der Waals surface area contributed by atoms with Gasteiger partial charge < -0.3 is 0 Å². The van der Waals surface area contributed by atoms with E-state index in [2.05, 4.69) is 0 Å². The molecule has 0 saturated heterocycles. The number of halogens is 2. The molecule has 0 radical (unpaired) electrons. The molecule has 1 aliphatic rings. The molecule has 1 aliphatic heterocycles. The first kappa shape index (κ1) is 22.3. The van der Waals surface area contributed by atoms with Crippen LogP contribution in [0.5, 0.6) is 0 Å². The molecule has 0 unspecified atom stereocenters. The van der Waals surface area contributed by atoms with Crippen LogP contribution in [0, 0.1) is 0 Å². The van der Waals surface area contributed by atoms with Gasteiger partial charge in [0, 0.05) is 26.1 Å². The van der Waals surface area contributed by atoms with E-state index in [-0.39, 0.29) is 33.0 Å². The van der Waals surface area contributed by atoms with Gasteiger partial charge in [-0.2, -0.15) is 0 Å². The van der Waals surface area contributed by atoms with Gasteiger partial charge >= 0.3 is 0 Å². The van der Waals surface area contributed by atoms with Crippen LogP contribution in [0.3, 0.4) is 0 Å². The Balaban J connectivity index is 1.87. The van der Waals surface area contributed by atoms with Crippen molar-refractivity contribution in [3.8, 4) is 0 Å². The van der Waals surface area contributed by atoms with Gasteiger partial charge in [0.2, 0.25) is 0 Å². The van der Waals surface area contributed by atoms with Crippen molar-refractivity contribution in [1.82, 2.24) is 4.90 Å². The molecule has 1 heterocycles. The Hall–Kier alpha value is -1.92. The Morgan fingerprint density at radius 1 is 0.742 bits per heavy atom. The molecule has 0 fully saturated rings. The average Bonchev–Trinajstić information content (AvgIpc) is 3.04. The van der Waals surface area contributed by atoms with Gasteiger partial charge in [0.15, 0.2) is 0 Å². The predicted octanol–water partition coefficient (Wildman–Crippen LogP) is 7.69. The molecule has 0 bridgehead atoms. The van der Waals surface area contributed by atoms with Gasteiger partial charge in [-0.25, -0.2) is 0 Å². The molecule has 3 aromatic rings. The number of hydrogen-bond donors (Lipinski definition) is 0. The van der Waals surface area contributed by atoms with Crippen LogP contribution >= 0.6 is 46.7 Å². The Bertz CT molecular complexity index is 1050. The largest absolute Gasteiger partial charge is 0.274 e. The number of carbonyl (C=O) groups is 2. The van der Waals surface area contributed by atoms with Crippen molar-refractivity contribution >= 4 is 58.5 Å². The zero-order valence-corrected chi connectivity index (χ0v) is 19.9. The summed E-state index contributed by atoms with van der Waals surface area (Å²) in [5, 5.41) is 0.563. The van der Waals surface area contributed by atoms with E-state index in [9.17, 15) is 9.59 Å². The lowest BCUT2D eigenvalue weighted by Crippen LogP contribution is -2.30. The average molecular weight is 488 g/mol. The summed E-state index contributed by atoms with van der Waals surface area (Å²) in [5.41, 5.74) is 0.423. The molecule has 158 valence electrons. The monoisotopic (exact) mass is 487 g/mol. The van der Waals surface area contributed by atoms with E-state index < -0.39 is 0 Å². The third kappa shape index (κ3) is 4.37. The number of benzene rings is 3. The number of amides is 2. The lowest BCUT2D eigenvalue weighted by Gasteiger charge is -2.16. The Labute approximate surface area is 200 Å². The molecule has 0 atom stereocenters. The molecule has 0 saturated carbocycles. The van der Waals surface area contributed by atoms with Crippen LogP contribution in [0.15, 0.2) is 80.2 Å². The summed E-state index contributed by atoms with van der Waals surface area (Å²) in [6.07, 6.45) is 1.61. The van der Waals surface area contributed by atoms with Crippen LogP contribution in [0.4, 0.5) is 0 Å². The van der Waals surface area contributed by atoms with Crippen LogP contribution in [0.1, 0.15) is 40.5 Å². The maximum absolute atomic E-state index is 13.1. The third-order valence-corrected chi connectivity index (χ3v) is 8.22. The van der Waals surface area contributed by atoms with E-state index in [1.54, 1.807) is 0 Å². The first-order chi connectivity index (χ1) is 15.0. The quantitative estimate of drug-likeness (QED) is 0.320. The Kier molecular flexibility index (Phi) is 6.97. The summed E-state index contributed by atoms with van der Waals surface area (Å²) in [7, 11) is 0. The minimum atomic E-state index is -0.369. The second kappa shape index (κ2) is 9.70. The molecule has 7 heteroatoms. The highest BCUT2D eigenvalue weighted by molar-refractivity contribution is 8.02. The molecular formula is C24H19Cl2NO2S2. The first-order valence-electron chi connectivity index (χ1n) is 9.89. The van der Waals surface area contributed by atoms with Gasteiger partial charge in [0.1, 0.15) is 0 Å². The van der Waals surface area contributed by atoms with Crippen LogP contribution in [-0.2, 0) is 0 Å². The maximum Gasteiger partial charge on any atom is 0.263 e. The lowest BCUT2D eigenvalue weighted by molar-refractivity contribution is 0.0652. The Morgan fingerprint density at radius 3 is 1.55 bits per heavy atom. The topological polar surface area (TPSA) is 37.4 Å². The normalized spacial score (nSPS) is 13.1. The molecule has 3 nitrogen and oxygen atoms in total. The number of hydrogen-bond acceptors (Lipinski definition) is 4. The van der Waals surface area contributed by atoms with E-state index in [1.165, 1.54) is 28.4 Å². The second-order valence-electron chi connectivity index (χ2n) is 6.98. The zero-order chi connectivity index (χ0) is 22.0. The summed E-state index contributed by atoms with van der Waals surface area (Å²) in [6.45, 7) is 2.37. The fraction of sp³-hybridized carbons (Fsp3) is 0.167. The molecule has 0 aromatic heterocycles. The number of fused-ring (bicyclic) bond motifs is 1. The highest BCUT2D eigenvalue weighted by Gasteiger charge is 2.41. The first-order valence-corrected chi connectivity index (χ1v) is 12.3. The van der Waals surface area contributed by atoms with Crippen LogP contribution in [0.25, 0.3) is 0 Å². The van der Waals surface area contributed by atoms with Crippen LogP contribution in [-0.4, -0.2) is 23.3 Å². The van der Waals surface area contributed by atoms with E-state index in [0.717, 1.165) is 22.6 Å². The summed E-state index contributed by atoms with van der Waals surface area (Å²) >= 11 is 16.5. The highest BCUT2D eigenvalue weighted by atomic mass is 35.5. The number of unbranched alkanes of at least 4 members (excludes halogenated alkanes) is 1. The minimum absolute atomic E-state index is 0.212. The summed E-state index contributed by atoms with van der Waals surface area (Å²) in [4.78, 5) is 30.8. The van der Waals surface area contributed by atoms with E-state index >= 15 is 0 Å². The highest BCUT2D eigenvalue weighted by Crippen LogP contribution is 2.51. The van der Waals surface area contributed by atoms with Gasteiger partial charge in [0.25, 0.3) is 11.8 Å². The van der Waals surface area contributed by atoms with Crippen LogP contribution < -0.4 is 0 Å². The van der Waals surface area contributed by atoms with Crippen molar-refractivity contribution in [3.05, 3.63) is 81.8 Å².